The molecule has 1 aliphatic rings. The minimum absolute atomic E-state index is 0.0376. The molecule has 1 aromatic carbocycles. The molecule has 0 radical (unpaired) electrons. The summed E-state index contributed by atoms with van der Waals surface area (Å²) in [5, 5.41) is 23.4. The number of nitro groups is 1. The highest BCUT2D eigenvalue weighted by atomic mass is 127. The van der Waals surface area contributed by atoms with Crippen molar-refractivity contribution in [2.75, 3.05) is 11.9 Å². The van der Waals surface area contributed by atoms with Crippen LogP contribution in [0.5, 0.6) is 0 Å². The number of carbonyl (C=O) groups is 1. The minimum atomic E-state index is -0.758. The number of halogens is 1. The SMILES string of the molecule is O=C(O)C1(CNc2ccc([N+](=O)[O-])cc2I)CCCCC1. The van der Waals surface area contributed by atoms with Gasteiger partial charge in [0.15, 0.2) is 0 Å². The van der Waals surface area contributed by atoms with E-state index in [1.54, 1.807) is 6.07 Å². The Bertz CT molecular complexity index is 556. The van der Waals surface area contributed by atoms with Gasteiger partial charge in [-0.15, -0.1) is 0 Å². The Morgan fingerprint density at radius 3 is 2.57 bits per heavy atom. The maximum atomic E-state index is 11.6. The number of benzene rings is 1. The summed E-state index contributed by atoms with van der Waals surface area (Å²) in [6.45, 7) is 0.357. The van der Waals surface area contributed by atoms with Gasteiger partial charge in [-0.25, -0.2) is 0 Å². The summed E-state index contributed by atoms with van der Waals surface area (Å²) in [7, 11) is 0. The summed E-state index contributed by atoms with van der Waals surface area (Å²) < 4.78 is 0.721. The van der Waals surface area contributed by atoms with Crippen LogP contribution in [0.4, 0.5) is 11.4 Å². The minimum Gasteiger partial charge on any atom is -0.481 e. The summed E-state index contributed by atoms with van der Waals surface area (Å²) >= 11 is 2.02. The largest absolute Gasteiger partial charge is 0.481 e. The highest BCUT2D eigenvalue weighted by Crippen LogP contribution is 2.37. The summed E-state index contributed by atoms with van der Waals surface area (Å²) in [4.78, 5) is 21.9. The second-order valence-electron chi connectivity index (χ2n) is 5.42. The Balaban J connectivity index is 2.11. The molecule has 1 fully saturated rings. The number of nitrogens with one attached hydrogen (secondary N) is 1. The molecule has 21 heavy (non-hydrogen) atoms. The van der Waals surface area contributed by atoms with Crippen molar-refractivity contribution in [2.45, 2.75) is 32.1 Å². The smallest absolute Gasteiger partial charge is 0.311 e. The number of carboxylic acids is 1. The Kier molecular flexibility index (Phi) is 5.02. The van der Waals surface area contributed by atoms with E-state index in [0.29, 0.717) is 19.4 Å². The van der Waals surface area contributed by atoms with Crippen LogP contribution in [0.3, 0.4) is 0 Å². The molecule has 2 N–H and O–H groups in total. The normalized spacial score (nSPS) is 17.2. The van der Waals surface area contributed by atoms with Crippen molar-refractivity contribution in [3.63, 3.8) is 0 Å². The molecule has 0 spiro atoms. The van der Waals surface area contributed by atoms with Crippen LogP contribution in [0.25, 0.3) is 0 Å². The van der Waals surface area contributed by atoms with Crippen LogP contribution >= 0.6 is 22.6 Å². The number of rotatable bonds is 5. The molecule has 0 bridgehead atoms. The molecule has 0 amide bonds. The molecular formula is C14H17IN2O4. The molecule has 0 unspecified atom stereocenters. The first kappa shape index (κ1) is 16.0. The third kappa shape index (κ3) is 3.63. The van der Waals surface area contributed by atoms with Gasteiger partial charge < -0.3 is 10.4 Å². The lowest BCUT2D eigenvalue weighted by Crippen LogP contribution is -2.39. The number of nitro benzene ring substituents is 1. The molecule has 2 rings (SSSR count). The Labute approximate surface area is 136 Å². The zero-order valence-corrected chi connectivity index (χ0v) is 13.6. The van der Waals surface area contributed by atoms with Crippen LogP contribution in [-0.4, -0.2) is 22.5 Å². The number of nitrogens with zero attached hydrogens (tertiary/aromatic N) is 1. The van der Waals surface area contributed by atoms with Crippen LogP contribution in [0.2, 0.25) is 0 Å². The Morgan fingerprint density at radius 2 is 2.05 bits per heavy atom. The molecule has 6 nitrogen and oxygen atoms in total. The van der Waals surface area contributed by atoms with Crippen molar-refractivity contribution in [2.24, 2.45) is 5.41 Å². The van der Waals surface area contributed by atoms with Gasteiger partial charge in [-0.2, -0.15) is 0 Å². The van der Waals surface area contributed by atoms with E-state index in [1.165, 1.54) is 12.1 Å². The first-order valence-electron chi connectivity index (χ1n) is 6.86. The van der Waals surface area contributed by atoms with E-state index < -0.39 is 16.3 Å². The Morgan fingerprint density at radius 1 is 1.38 bits per heavy atom. The first-order valence-corrected chi connectivity index (χ1v) is 7.94. The number of carboxylic acid groups (broad SMARTS) is 1. The van der Waals surface area contributed by atoms with Crippen LogP contribution in [0.1, 0.15) is 32.1 Å². The van der Waals surface area contributed by atoms with Crippen molar-refractivity contribution < 1.29 is 14.8 Å². The maximum Gasteiger partial charge on any atom is 0.311 e. The number of non-ortho nitro benzene ring substituents is 1. The van der Waals surface area contributed by atoms with Crippen LogP contribution in [0, 0.1) is 19.1 Å². The maximum absolute atomic E-state index is 11.6. The predicted molar refractivity (Wildman–Crippen MR) is 87.5 cm³/mol. The summed E-state index contributed by atoms with van der Waals surface area (Å²) in [6.07, 6.45) is 4.32. The van der Waals surface area contributed by atoms with Gasteiger partial charge in [0, 0.05) is 27.9 Å². The Hall–Kier alpha value is -1.38. The highest BCUT2D eigenvalue weighted by molar-refractivity contribution is 14.1. The first-order chi connectivity index (χ1) is 9.94. The molecule has 7 heteroatoms. The monoisotopic (exact) mass is 404 g/mol. The predicted octanol–water partition coefficient (Wildman–Crippen LogP) is 3.65. The molecule has 1 saturated carbocycles. The van der Waals surface area contributed by atoms with E-state index >= 15 is 0 Å². The molecular weight excluding hydrogens is 387 g/mol. The zero-order chi connectivity index (χ0) is 15.5. The third-order valence-electron chi connectivity index (χ3n) is 4.05. The quantitative estimate of drug-likeness (QED) is 0.444. The summed E-state index contributed by atoms with van der Waals surface area (Å²) in [5.41, 5.74) is 0.0614. The highest BCUT2D eigenvalue weighted by Gasteiger charge is 2.39. The van der Waals surface area contributed by atoms with Crippen LogP contribution in [0.15, 0.2) is 18.2 Å². The number of anilines is 1. The van der Waals surface area contributed by atoms with E-state index in [9.17, 15) is 20.0 Å². The van der Waals surface area contributed by atoms with E-state index in [4.69, 9.17) is 0 Å². The van der Waals surface area contributed by atoms with E-state index in [-0.39, 0.29) is 5.69 Å². The van der Waals surface area contributed by atoms with Gasteiger partial charge >= 0.3 is 5.97 Å². The molecule has 1 aliphatic carbocycles. The third-order valence-corrected chi connectivity index (χ3v) is 4.94. The molecule has 0 aliphatic heterocycles. The fourth-order valence-corrected chi connectivity index (χ4v) is 3.41. The molecule has 0 saturated heterocycles. The lowest BCUT2D eigenvalue weighted by atomic mass is 9.74. The van der Waals surface area contributed by atoms with Gasteiger partial charge in [0.25, 0.3) is 5.69 Å². The van der Waals surface area contributed by atoms with E-state index in [1.807, 2.05) is 22.6 Å². The van der Waals surface area contributed by atoms with Crippen molar-refractivity contribution in [3.05, 3.63) is 31.9 Å². The summed E-state index contributed by atoms with van der Waals surface area (Å²) in [5.74, 6) is -0.758. The zero-order valence-electron chi connectivity index (χ0n) is 11.5. The fourth-order valence-electron chi connectivity index (χ4n) is 2.72. The topological polar surface area (TPSA) is 92.5 Å². The van der Waals surface area contributed by atoms with E-state index in [0.717, 1.165) is 28.5 Å². The van der Waals surface area contributed by atoms with Crippen molar-refractivity contribution >= 4 is 39.9 Å². The van der Waals surface area contributed by atoms with Crippen molar-refractivity contribution in [3.8, 4) is 0 Å². The second-order valence-corrected chi connectivity index (χ2v) is 6.58. The fraction of sp³-hybridized carbons (Fsp3) is 0.500. The van der Waals surface area contributed by atoms with Gasteiger partial charge in [-0.05, 0) is 41.5 Å². The van der Waals surface area contributed by atoms with Gasteiger partial charge in [0.05, 0.1) is 10.3 Å². The lowest BCUT2D eigenvalue weighted by molar-refractivity contribution is -0.384. The van der Waals surface area contributed by atoms with Gasteiger partial charge in [-0.1, -0.05) is 19.3 Å². The molecule has 0 heterocycles. The van der Waals surface area contributed by atoms with Crippen molar-refractivity contribution in [1.82, 2.24) is 0 Å². The average molecular weight is 404 g/mol. The summed E-state index contributed by atoms with van der Waals surface area (Å²) in [6, 6.07) is 4.55. The van der Waals surface area contributed by atoms with Gasteiger partial charge in [0.2, 0.25) is 0 Å². The van der Waals surface area contributed by atoms with Crippen molar-refractivity contribution in [1.29, 1.82) is 0 Å². The molecule has 0 aromatic heterocycles. The standard InChI is InChI=1S/C14H17IN2O4/c15-11-8-10(17(20)21)4-5-12(11)16-9-14(13(18)19)6-2-1-3-7-14/h4-5,8,16H,1-3,6-7,9H2,(H,18,19). The molecule has 1 aromatic rings. The van der Waals surface area contributed by atoms with E-state index in [2.05, 4.69) is 5.32 Å². The lowest BCUT2D eigenvalue weighted by Gasteiger charge is -2.33. The number of aliphatic carboxylic acids is 1. The average Bonchev–Trinajstić information content (AvgIpc) is 2.46. The van der Waals surface area contributed by atoms with Gasteiger partial charge in [0.1, 0.15) is 0 Å². The number of hydrogen-bond acceptors (Lipinski definition) is 4. The molecule has 0 atom stereocenters. The van der Waals surface area contributed by atoms with Crippen LogP contribution < -0.4 is 5.32 Å². The molecule has 114 valence electrons. The number of hydrogen-bond donors (Lipinski definition) is 2. The second kappa shape index (κ2) is 6.59. The van der Waals surface area contributed by atoms with Crippen LogP contribution in [-0.2, 0) is 4.79 Å². The van der Waals surface area contributed by atoms with Gasteiger partial charge in [-0.3, -0.25) is 14.9 Å².